The third kappa shape index (κ3) is 5.53. The minimum Gasteiger partial charge on any atom is -0.354 e. The molecule has 4 heteroatoms. The van der Waals surface area contributed by atoms with Gasteiger partial charge in [-0.3, -0.25) is 9.63 Å². The van der Waals surface area contributed by atoms with Crippen LogP contribution in [0.3, 0.4) is 0 Å². The first-order valence-electron chi connectivity index (χ1n) is 3.25. The van der Waals surface area contributed by atoms with E-state index >= 15 is 0 Å². The van der Waals surface area contributed by atoms with Crippen LogP contribution in [-0.2, 0) is 9.63 Å². The van der Waals surface area contributed by atoms with E-state index in [1.165, 1.54) is 0 Å². The van der Waals surface area contributed by atoms with Gasteiger partial charge in [-0.25, -0.2) is 5.90 Å². The van der Waals surface area contributed by atoms with Crippen LogP contribution in [0, 0.1) is 5.92 Å². The number of rotatable bonds is 4. The van der Waals surface area contributed by atoms with Crippen LogP contribution in [0.1, 0.15) is 13.8 Å². The fraction of sp³-hybridized carbons (Fsp3) is 0.833. The van der Waals surface area contributed by atoms with E-state index in [0.29, 0.717) is 12.5 Å². The number of carbonyl (C=O) groups is 1. The number of nitrogens with one attached hydrogen (secondary N) is 1. The lowest BCUT2D eigenvalue weighted by Gasteiger charge is -2.05. The van der Waals surface area contributed by atoms with Crippen molar-refractivity contribution in [1.82, 2.24) is 5.32 Å². The second-order valence-corrected chi connectivity index (χ2v) is 2.51. The molecule has 0 aliphatic rings. The monoisotopic (exact) mass is 146 g/mol. The maximum atomic E-state index is 10.6. The smallest absolute Gasteiger partial charge is 0.248 e. The van der Waals surface area contributed by atoms with E-state index in [0.717, 1.165) is 0 Å². The first kappa shape index (κ1) is 9.39. The lowest BCUT2D eigenvalue weighted by molar-refractivity contribution is -0.125. The Morgan fingerprint density at radius 2 is 2.30 bits per heavy atom. The molecular weight excluding hydrogens is 132 g/mol. The Labute approximate surface area is 60.7 Å². The van der Waals surface area contributed by atoms with Crippen molar-refractivity contribution in [3.8, 4) is 0 Å². The molecule has 0 radical (unpaired) electrons. The van der Waals surface area contributed by atoms with Crippen LogP contribution in [0.25, 0.3) is 0 Å². The quantitative estimate of drug-likeness (QED) is 0.533. The van der Waals surface area contributed by atoms with E-state index < -0.39 is 0 Å². The van der Waals surface area contributed by atoms with Gasteiger partial charge in [-0.2, -0.15) is 0 Å². The SMILES string of the molecule is CC(C)CNC(=O)CON. The Balaban J connectivity index is 3.22. The Morgan fingerprint density at radius 1 is 1.70 bits per heavy atom. The average molecular weight is 146 g/mol. The summed E-state index contributed by atoms with van der Waals surface area (Å²) in [5, 5.41) is 2.64. The van der Waals surface area contributed by atoms with Crippen molar-refractivity contribution in [2.75, 3.05) is 13.2 Å². The highest BCUT2D eigenvalue weighted by molar-refractivity contribution is 5.77. The summed E-state index contributed by atoms with van der Waals surface area (Å²) in [6.07, 6.45) is 0. The molecule has 0 aromatic heterocycles. The summed E-state index contributed by atoms with van der Waals surface area (Å²) in [5.74, 6) is 4.96. The minimum absolute atomic E-state index is 0.0628. The molecule has 60 valence electrons. The zero-order chi connectivity index (χ0) is 7.98. The largest absolute Gasteiger partial charge is 0.354 e. The molecule has 0 heterocycles. The number of hydrogen-bond donors (Lipinski definition) is 2. The third-order valence-electron chi connectivity index (χ3n) is 0.922. The fourth-order valence-electron chi connectivity index (χ4n) is 0.445. The molecule has 0 unspecified atom stereocenters. The predicted octanol–water partition coefficient (Wildman–Crippen LogP) is -0.351. The molecule has 0 rings (SSSR count). The first-order chi connectivity index (χ1) is 4.66. The van der Waals surface area contributed by atoms with Crippen LogP contribution in [0.5, 0.6) is 0 Å². The molecule has 0 aromatic rings. The van der Waals surface area contributed by atoms with E-state index in [-0.39, 0.29) is 12.5 Å². The van der Waals surface area contributed by atoms with Gasteiger partial charge in [0.25, 0.3) is 0 Å². The van der Waals surface area contributed by atoms with Crippen molar-refractivity contribution in [3.63, 3.8) is 0 Å². The van der Waals surface area contributed by atoms with Gasteiger partial charge in [-0.15, -0.1) is 0 Å². The van der Waals surface area contributed by atoms with E-state index in [1.807, 2.05) is 13.8 Å². The standard InChI is InChI=1S/C6H14N2O2/c1-5(2)3-8-6(9)4-10-7/h5H,3-4,7H2,1-2H3,(H,8,9). The molecule has 0 aliphatic carbocycles. The van der Waals surface area contributed by atoms with E-state index in [1.54, 1.807) is 0 Å². The highest BCUT2D eigenvalue weighted by Crippen LogP contribution is 1.86. The Kier molecular flexibility index (Phi) is 4.88. The van der Waals surface area contributed by atoms with Gasteiger partial charge >= 0.3 is 0 Å². The fourth-order valence-corrected chi connectivity index (χ4v) is 0.445. The summed E-state index contributed by atoms with van der Waals surface area (Å²) >= 11 is 0. The number of carbonyl (C=O) groups excluding carboxylic acids is 1. The van der Waals surface area contributed by atoms with Crippen LogP contribution < -0.4 is 11.2 Å². The second-order valence-electron chi connectivity index (χ2n) is 2.51. The Hall–Kier alpha value is -0.610. The maximum absolute atomic E-state index is 10.6. The molecule has 0 spiro atoms. The summed E-state index contributed by atoms with van der Waals surface area (Å²) < 4.78 is 0. The van der Waals surface area contributed by atoms with Gasteiger partial charge in [0.05, 0.1) is 0 Å². The zero-order valence-corrected chi connectivity index (χ0v) is 6.39. The van der Waals surface area contributed by atoms with Gasteiger partial charge in [-0.05, 0) is 5.92 Å². The third-order valence-corrected chi connectivity index (χ3v) is 0.922. The molecule has 0 atom stereocenters. The highest BCUT2D eigenvalue weighted by Gasteiger charge is 1.99. The van der Waals surface area contributed by atoms with Crippen LogP contribution in [0.15, 0.2) is 0 Å². The Bertz CT molecular complexity index is 104. The number of amides is 1. The topological polar surface area (TPSA) is 64.3 Å². The molecule has 4 nitrogen and oxygen atoms in total. The van der Waals surface area contributed by atoms with E-state index in [4.69, 9.17) is 0 Å². The van der Waals surface area contributed by atoms with Gasteiger partial charge in [-0.1, -0.05) is 13.8 Å². The van der Waals surface area contributed by atoms with Crippen molar-refractivity contribution < 1.29 is 9.63 Å². The molecule has 0 saturated carbocycles. The summed E-state index contributed by atoms with van der Waals surface area (Å²) in [6.45, 7) is 4.64. The lowest BCUT2D eigenvalue weighted by Crippen LogP contribution is -2.31. The average Bonchev–Trinajstić information content (AvgIpc) is 1.85. The lowest BCUT2D eigenvalue weighted by atomic mass is 10.2. The summed E-state index contributed by atoms with van der Waals surface area (Å²) in [6, 6.07) is 0. The normalized spacial score (nSPS) is 10.0. The molecule has 1 amide bonds. The van der Waals surface area contributed by atoms with Crippen LogP contribution in [-0.4, -0.2) is 19.1 Å². The van der Waals surface area contributed by atoms with Crippen molar-refractivity contribution >= 4 is 5.91 Å². The second kappa shape index (κ2) is 5.20. The molecule has 0 aromatic carbocycles. The predicted molar refractivity (Wildman–Crippen MR) is 38.0 cm³/mol. The van der Waals surface area contributed by atoms with Crippen LogP contribution in [0.2, 0.25) is 0 Å². The van der Waals surface area contributed by atoms with Gasteiger partial charge in [0.2, 0.25) is 5.91 Å². The molecule has 3 N–H and O–H groups in total. The zero-order valence-electron chi connectivity index (χ0n) is 6.39. The molecular formula is C6H14N2O2. The summed E-state index contributed by atoms with van der Waals surface area (Å²) in [4.78, 5) is 14.8. The molecule has 0 aliphatic heterocycles. The van der Waals surface area contributed by atoms with Crippen molar-refractivity contribution in [1.29, 1.82) is 0 Å². The number of hydrogen-bond acceptors (Lipinski definition) is 3. The number of nitrogens with two attached hydrogens (primary N) is 1. The highest BCUT2D eigenvalue weighted by atomic mass is 16.6. The minimum atomic E-state index is -0.170. The maximum Gasteiger partial charge on any atom is 0.248 e. The summed E-state index contributed by atoms with van der Waals surface area (Å²) in [5.41, 5.74) is 0. The molecule has 10 heavy (non-hydrogen) atoms. The van der Waals surface area contributed by atoms with Crippen molar-refractivity contribution in [2.24, 2.45) is 11.8 Å². The van der Waals surface area contributed by atoms with Crippen molar-refractivity contribution in [3.05, 3.63) is 0 Å². The van der Waals surface area contributed by atoms with Gasteiger partial charge in [0.15, 0.2) is 0 Å². The van der Waals surface area contributed by atoms with Crippen molar-refractivity contribution in [2.45, 2.75) is 13.8 Å². The van der Waals surface area contributed by atoms with Gasteiger partial charge in [0.1, 0.15) is 6.61 Å². The summed E-state index contributed by atoms with van der Waals surface area (Å²) in [7, 11) is 0. The Morgan fingerprint density at radius 3 is 2.70 bits per heavy atom. The molecule has 0 saturated heterocycles. The molecule has 0 bridgehead atoms. The van der Waals surface area contributed by atoms with Gasteiger partial charge in [0, 0.05) is 6.54 Å². The van der Waals surface area contributed by atoms with E-state index in [2.05, 4.69) is 16.1 Å². The van der Waals surface area contributed by atoms with Crippen LogP contribution >= 0.6 is 0 Å². The molecule has 0 fully saturated rings. The van der Waals surface area contributed by atoms with Crippen LogP contribution in [0.4, 0.5) is 0 Å². The van der Waals surface area contributed by atoms with Gasteiger partial charge < -0.3 is 5.32 Å². The first-order valence-corrected chi connectivity index (χ1v) is 3.25. The van der Waals surface area contributed by atoms with E-state index in [9.17, 15) is 4.79 Å².